The third kappa shape index (κ3) is 3.00. The SMILES string of the molecule is CCn1ccc(CNC(=O)c2ccccc2[N+](=O)[O-])n1. The molecule has 7 nitrogen and oxygen atoms in total. The maximum Gasteiger partial charge on any atom is 0.282 e. The van der Waals surface area contributed by atoms with Gasteiger partial charge in [0.1, 0.15) is 5.56 Å². The molecule has 1 N–H and O–H groups in total. The lowest BCUT2D eigenvalue weighted by Gasteiger charge is -2.04. The Bertz CT molecular complexity index is 636. The maximum absolute atomic E-state index is 12.0. The summed E-state index contributed by atoms with van der Waals surface area (Å²) in [6, 6.07) is 7.65. The molecule has 0 radical (unpaired) electrons. The van der Waals surface area contributed by atoms with E-state index in [-0.39, 0.29) is 17.8 Å². The average Bonchev–Trinajstić information content (AvgIpc) is 2.92. The van der Waals surface area contributed by atoms with Crippen LogP contribution < -0.4 is 5.32 Å². The number of hydrogen-bond acceptors (Lipinski definition) is 4. The lowest BCUT2D eigenvalue weighted by Crippen LogP contribution is -2.24. The van der Waals surface area contributed by atoms with Gasteiger partial charge in [-0.1, -0.05) is 12.1 Å². The monoisotopic (exact) mass is 274 g/mol. The fourth-order valence-corrected chi connectivity index (χ4v) is 1.77. The molecule has 0 bridgehead atoms. The Hall–Kier alpha value is -2.70. The molecule has 20 heavy (non-hydrogen) atoms. The van der Waals surface area contributed by atoms with Gasteiger partial charge in [-0.15, -0.1) is 0 Å². The number of para-hydroxylation sites is 1. The van der Waals surface area contributed by atoms with Crippen molar-refractivity contribution in [3.63, 3.8) is 0 Å². The summed E-state index contributed by atoms with van der Waals surface area (Å²) >= 11 is 0. The fourth-order valence-electron chi connectivity index (χ4n) is 1.77. The Morgan fingerprint density at radius 3 is 2.80 bits per heavy atom. The van der Waals surface area contributed by atoms with Gasteiger partial charge in [0, 0.05) is 18.8 Å². The van der Waals surface area contributed by atoms with Crippen LogP contribution in [-0.2, 0) is 13.1 Å². The van der Waals surface area contributed by atoms with E-state index in [1.165, 1.54) is 18.2 Å². The molecule has 104 valence electrons. The van der Waals surface area contributed by atoms with E-state index in [2.05, 4.69) is 10.4 Å². The van der Waals surface area contributed by atoms with Gasteiger partial charge >= 0.3 is 0 Å². The Labute approximate surface area is 115 Å². The van der Waals surface area contributed by atoms with E-state index in [1.807, 2.05) is 13.1 Å². The fraction of sp³-hybridized carbons (Fsp3) is 0.231. The number of carbonyl (C=O) groups is 1. The number of amides is 1. The number of benzene rings is 1. The smallest absolute Gasteiger partial charge is 0.282 e. The standard InChI is InChI=1S/C13H14N4O3/c1-2-16-8-7-10(15-16)9-14-13(18)11-5-3-4-6-12(11)17(19)20/h3-8H,2,9H2,1H3,(H,14,18). The van der Waals surface area contributed by atoms with Gasteiger partial charge in [-0.3, -0.25) is 19.6 Å². The van der Waals surface area contributed by atoms with Crippen LogP contribution >= 0.6 is 0 Å². The average molecular weight is 274 g/mol. The van der Waals surface area contributed by atoms with E-state index in [4.69, 9.17) is 0 Å². The first kappa shape index (κ1) is 13.7. The van der Waals surface area contributed by atoms with Gasteiger partial charge in [-0.2, -0.15) is 5.10 Å². The van der Waals surface area contributed by atoms with E-state index in [0.29, 0.717) is 5.69 Å². The van der Waals surface area contributed by atoms with Crippen LogP contribution in [0.3, 0.4) is 0 Å². The summed E-state index contributed by atoms with van der Waals surface area (Å²) < 4.78 is 1.74. The zero-order valence-corrected chi connectivity index (χ0v) is 10.9. The molecule has 0 fully saturated rings. The topological polar surface area (TPSA) is 90.1 Å². The van der Waals surface area contributed by atoms with Crippen LogP contribution in [0.4, 0.5) is 5.69 Å². The Balaban J connectivity index is 2.07. The van der Waals surface area contributed by atoms with Gasteiger partial charge < -0.3 is 5.32 Å². The van der Waals surface area contributed by atoms with Gasteiger partial charge in [-0.25, -0.2) is 0 Å². The molecule has 1 heterocycles. The van der Waals surface area contributed by atoms with Crippen molar-refractivity contribution >= 4 is 11.6 Å². The third-order valence-corrected chi connectivity index (χ3v) is 2.80. The molecular weight excluding hydrogens is 260 g/mol. The predicted molar refractivity (Wildman–Crippen MR) is 72.2 cm³/mol. The normalized spacial score (nSPS) is 10.2. The van der Waals surface area contributed by atoms with Gasteiger partial charge in [0.2, 0.25) is 0 Å². The first-order valence-corrected chi connectivity index (χ1v) is 6.15. The predicted octanol–water partition coefficient (Wildman–Crippen LogP) is 1.74. The van der Waals surface area contributed by atoms with E-state index < -0.39 is 10.8 Å². The van der Waals surface area contributed by atoms with Crippen molar-refractivity contribution in [2.45, 2.75) is 20.0 Å². The summed E-state index contributed by atoms with van der Waals surface area (Å²) in [5.74, 6) is -0.483. The van der Waals surface area contributed by atoms with Crippen molar-refractivity contribution in [2.75, 3.05) is 0 Å². The molecule has 0 atom stereocenters. The summed E-state index contributed by atoms with van der Waals surface area (Å²) in [4.78, 5) is 22.3. The molecule has 0 saturated carbocycles. The number of nitro benzene ring substituents is 1. The van der Waals surface area contributed by atoms with Crippen LogP contribution in [0.5, 0.6) is 0 Å². The Morgan fingerprint density at radius 1 is 1.40 bits per heavy atom. The Morgan fingerprint density at radius 2 is 2.15 bits per heavy atom. The molecule has 1 amide bonds. The number of aryl methyl sites for hydroxylation is 1. The van der Waals surface area contributed by atoms with Crippen molar-refractivity contribution in [3.05, 3.63) is 57.9 Å². The number of nitrogens with one attached hydrogen (secondary N) is 1. The molecule has 1 aromatic carbocycles. The minimum atomic E-state index is -0.569. The van der Waals surface area contributed by atoms with E-state index in [0.717, 1.165) is 6.54 Å². The van der Waals surface area contributed by atoms with Crippen LogP contribution in [0.1, 0.15) is 23.0 Å². The number of nitrogens with zero attached hydrogens (tertiary/aromatic N) is 3. The van der Waals surface area contributed by atoms with Crippen molar-refractivity contribution in [2.24, 2.45) is 0 Å². The number of carbonyl (C=O) groups excluding carboxylic acids is 1. The van der Waals surface area contributed by atoms with Crippen LogP contribution in [0.25, 0.3) is 0 Å². The molecule has 0 unspecified atom stereocenters. The molecule has 0 spiro atoms. The van der Waals surface area contributed by atoms with Crippen LogP contribution in [0.15, 0.2) is 36.5 Å². The second-order valence-corrected chi connectivity index (χ2v) is 4.12. The molecule has 0 aliphatic heterocycles. The van der Waals surface area contributed by atoms with E-state index in [1.54, 1.807) is 16.8 Å². The highest BCUT2D eigenvalue weighted by molar-refractivity contribution is 5.98. The third-order valence-electron chi connectivity index (χ3n) is 2.80. The number of nitro groups is 1. The highest BCUT2D eigenvalue weighted by Crippen LogP contribution is 2.17. The lowest BCUT2D eigenvalue weighted by molar-refractivity contribution is -0.385. The summed E-state index contributed by atoms with van der Waals surface area (Å²) in [5.41, 5.74) is 0.551. The minimum Gasteiger partial charge on any atom is -0.346 e. The molecule has 0 saturated heterocycles. The summed E-state index contributed by atoms with van der Waals surface area (Å²) in [7, 11) is 0. The number of aromatic nitrogens is 2. The van der Waals surface area contributed by atoms with Crippen LogP contribution in [0, 0.1) is 10.1 Å². The molecule has 0 aliphatic rings. The first-order chi connectivity index (χ1) is 9.61. The van der Waals surface area contributed by atoms with E-state index in [9.17, 15) is 14.9 Å². The first-order valence-electron chi connectivity index (χ1n) is 6.15. The van der Waals surface area contributed by atoms with Gasteiger partial charge in [-0.05, 0) is 19.1 Å². The quantitative estimate of drug-likeness (QED) is 0.664. The molecule has 7 heteroatoms. The second kappa shape index (κ2) is 5.96. The number of rotatable bonds is 5. The second-order valence-electron chi connectivity index (χ2n) is 4.12. The summed E-state index contributed by atoms with van der Waals surface area (Å²) in [5, 5.41) is 17.7. The van der Waals surface area contributed by atoms with Crippen molar-refractivity contribution in [3.8, 4) is 0 Å². The highest BCUT2D eigenvalue weighted by atomic mass is 16.6. The lowest BCUT2D eigenvalue weighted by atomic mass is 10.1. The molecular formula is C13H14N4O3. The van der Waals surface area contributed by atoms with Crippen LogP contribution in [-0.4, -0.2) is 20.6 Å². The number of hydrogen-bond donors (Lipinski definition) is 1. The molecule has 2 aromatic rings. The van der Waals surface area contributed by atoms with Crippen molar-refractivity contribution in [1.29, 1.82) is 0 Å². The van der Waals surface area contributed by atoms with Crippen LogP contribution in [0.2, 0.25) is 0 Å². The van der Waals surface area contributed by atoms with Gasteiger partial charge in [0.05, 0.1) is 17.2 Å². The van der Waals surface area contributed by atoms with E-state index >= 15 is 0 Å². The van der Waals surface area contributed by atoms with Crippen molar-refractivity contribution < 1.29 is 9.72 Å². The highest BCUT2D eigenvalue weighted by Gasteiger charge is 2.18. The van der Waals surface area contributed by atoms with Gasteiger partial charge in [0.25, 0.3) is 11.6 Å². The molecule has 1 aromatic heterocycles. The maximum atomic E-state index is 12.0. The Kier molecular flexibility index (Phi) is 4.09. The summed E-state index contributed by atoms with van der Waals surface area (Å²) in [6.07, 6.45) is 1.81. The zero-order valence-electron chi connectivity index (χ0n) is 10.9. The minimum absolute atomic E-state index is 0.0485. The largest absolute Gasteiger partial charge is 0.346 e. The zero-order chi connectivity index (χ0) is 14.5. The molecule has 2 rings (SSSR count). The van der Waals surface area contributed by atoms with Crippen molar-refractivity contribution in [1.82, 2.24) is 15.1 Å². The van der Waals surface area contributed by atoms with Gasteiger partial charge in [0.15, 0.2) is 0 Å². The molecule has 0 aliphatic carbocycles. The summed E-state index contributed by atoms with van der Waals surface area (Å²) in [6.45, 7) is 2.94.